The zero-order chi connectivity index (χ0) is 18.4. The van der Waals surface area contributed by atoms with Crippen LogP contribution in [0.15, 0.2) is 54.7 Å². The summed E-state index contributed by atoms with van der Waals surface area (Å²) >= 11 is 6.37. The van der Waals surface area contributed by atoms with E-state index in [0.29, 0.717) is 5.02 Å². The number of carbonyl (C=O) groups is 1. The summed E-state index contributed by atoms with van der Waals surface area (Å²) in [4.78, 5) is 21.0. The number of likely N-dealkylation sites (tertiary alicyclic amines) is 1. The van der Waals surface area contributed by atoms with Crippen LogP contribution in [0.25, 0.3) is 10.9 Å². The number of aromatic nitrogens is 1. The summed E-state index contributed by atoms with van der Waals surface area (Å²) < 4.78 is 0. The van der Waals surface area contributed by atoms with Crippen molar-refractivity contribution in [2.24, 2.45) is 0 Å². The van der Waals surface area contributed by atoms with Crippen molar-refractivity contribution < 1.29 is 4.79 Å². The van der Waals surface area contributed by atoms with E-state index in [-0.39, 0.29) is 11.4 Å². The molecule has 5 rings (SSSR count). The van der Waals surface area contributed by atoms with Gasteiger partial charge < -0.3 is 9.88 Å². The molecule has 0 bridgehead atoms. The third-order valence-electron chi connectivity index (χ3n) is 6.15. The second-order valence-electron chi connectivity index (χ2n) is 7.61. The smallest absolute Gasteiger partial charge is 0.247 e. The molecule has 4 nitrogen and oxygen atoms in total. The average Bonchev–Trinajstić information content (AvgIpc) is 3.37. The third-order valence-corrected chi connectivity index (χ3v) is 6.47. The standard InChI is InChI=1S/C22H22ClN3O/c23-18-4-1-2-5-20(18)26-13-10-22(21(26)27)9-3-12-25(22)15-16-6-7-19-17(14-16)8-11-24-19/h1-2,4-8,11,14,24H,3,9-10,12-13,15H2. The van der Waals surface area contributed by atoms with Crippen molar-refractivity contribution in [3.05, 3.63) is 65.3 Å². The van der Waals surface area contributed by atoms with Crippen LogP contribution in [0.4, 0.5) is 5.69 Å². The lowest BCUT2D eigenvalue weighted by Crippen LogP contribution is -2.50. The molecule has 5 heteroatoms. The molecule has 1 unspecified atom stereocenters. The molecule has 1 N–H and O–H groups in total. The van der Waals surface area contributed by atoms with Gasteiger partial charge in [0, 0.05) is 24.8 Å². The maximum atomic E-state index is 13.5. The molecule has 2 saturated heterocycles. The summed E-state index contributed by atoms with van der Waals surface area (Å²) in [6, 6.07) is 16.3. The zero-order valence-corrected chi connectivity index (χ0v) is 15.9. The molecule has 2 aliphatic rings. The number of nitrogens with zero attached hydrogens (tertiary/aromatic N) is 2. The van der Waals surface area contributed by atoms with Gasteiger partial charge in [-0.15, -0.1) is 0 Å². The molecule has 1 atom stereocenters. The van der Waals surface area contributed by atoms with E-state index in [1.807, 2.05) is 35.4 Å². The van der Waals surface area contributed by atoms with Gasteiger partial charge in [-0.2, -0.15) is 0 Å². The second kappa shape index (κ2) is 6.39. The Balaban J connectivity index is 1.43. The third kappa shape index (κ3) is 2.67. The summed E-state index contributed by atoms with van der Waals surface area (Å²) in [5.41, 5.74) is 2.86. The van der Waals surface area contributed by atoms with Gasteiger partial charge in [-0.1, -0.05) is 29.8 Å². The summed E-state index contributed by atoms with van der Waals surface area (Å²) in [6.45, 7) is 2.51. The number of hydrogen-bond acceptors (Lipinski definition) is 2. The van der Waals surface area contributed by atoms with Gasteiger partial charge in [-0.05, 0) is 67.1 Å². The number of fused-ring (bicyclic) bond motifs is 1. The molecular formula is C22H22ClN3O. The second-order valence-corrected chi connectivity index (χ2v) is 8.02. The van der Waals surface area contributed by atoms with Gasteiger partial charge in [0.1, 0.15) is 5.54 Å². The molecule has 27 heavy (non-hydrogen) atoms. The van der Waals surface area contributed by atoms with Gasteiger partial charge in [-0.25, -0.2) is 0 Å². The van der Waals surface area contributed by atoms with Crippen LogP contribution in [0.3, 0.4) is 0 Å². The maximum absolute atomic E-state index is 13.5. The predicted octanol–water partition coefficient (Wildman–Crippen LogP) is 4.59. The molecule has 3 aromatic rings. The van der Waals surface area contributed by atoms with Crippen LogP contribution >= 0.6 is 11.6 Å². The number of nitrogens with one attached hydrogen (secondary N) is 1. The highest BCUT2D eigenvalue weighted by atomic mass is 35.5. The lowest BCUT2D eigenvalue weighted by atomic mass is 9.93. The van der Waals surface area contributed by atoms with Crippen molar-refractivity contribution in [3.63, 3.8) is 0 Å². The van der Waals surface area contributed by atoms with E-state index < -0.39 is 0 Å². The van der Waals surface area contributed by atoms with Crippen molar-refractivity contribution in [2.75, 3.05) is 18.0 Å². The zero-order valence-electron chi connectivity index (χ0n) is 15.1. The van der Waals surface area contributed by atoms with Crippen molar-refractivity contribution >= 4 is 34.1 Å². The molecule has 1 amide bonds. The summed E-state index contributed by atoms with van der Waals surface area (Å²) in [5, 5.41) is 1.86. The van der Waals surface area contributed by atoms with Gasteiger partial charge in [0.05, 0.1) is 10.7 Å². The van der Waals surface area contributed by atoms with Crippen LogP contribution in [0.1, 0.15) is 24.8 Å². The van der Waals surface area contributed by atoms with Crippen LogP contribution in [0.2, 0.25) is 5.02 Å². The van der Waals surface area contributed by atoms with Gasteiger partial charge in [-0.3, -0.25) is 9.69 Å². The number of benzene rings is 2. The van der Waals surface area contributed by atoms with E-state index >= 15 is 0 Å². The van der Waals surface area contributed by atoms with E-state index in [1.54, 1.807) is 0 Å². The van der Waals surface area contributed by atoms with Crippen molar-refractivity contribution in [2.45, 2.75) is 31.3 Å². The van der Waals surface area contributed by atoms with Gasteiger partial charge in [0.25, 0.3) is 0 Å². The minimum Gasteiger partial charge on any atom is -0.361 e. The quantitative estimate of drug-likeness (QED) is 0.722. The highest BCUT2D eigenvalue weighted by Gasteiger charge is 2.53. The highest BCUT2D eigenvalue weighted by molar-refractivity contribution is 6.34. The SMILES string of the molecule is O=C1N(c2ccccc2Cl)CCC12CCCN2Cc1ccc2[nH]ccc2c1. The molecule has 0 saturated carbocycles. The molecule has 0 aliphatic carbocycles. The number of carbonyl (C=O) groups excluding carboxylic acids is 1. The Hall–Kier alpha value is -2.30. The van der Waals surface area contributed by atoms with Crippen LogP contribution in [0.5, 0.6) is 0 Å². The topological polar surface area (TPSA) is 39.3 Å². The number of rotatable bonds is 3. The lowest BCUT2D eigenvalue weighted by molar-refractivity contribution is -0.126. The first-order valence-corrected chi connectivity index (χ1v) is 9.93. The number of aromatic amines is 1. The first kappa shape index (κ1) is 16.8. The molecule has 138 valence electrons. The number of para-hydroxylation sites is 1. The molecule has 1 aromatic heterocycles. The lowest BCUT2D eigenvalue weighted by Gasteiger charge is -2.33. The van der Waals surface area contributed by atoms with E-state index in [1.165, 1.54) is 10.9 Å². The van der Waals surface area contributed by atoms with Gasteiger partial charge in [0.2, 0.25) is 5.91 Å². The number of anilines is 1. The fourth-order valence-corrected chi connectivity index (χ4v) is 5.01. The maximum Gasteiger partial charge on any atom is 0.247 e. The molecule has 2 aromatic carbocycles. The Labute approximate surface area is 163 Å². The van der Waals surface area contributed by atoms with E-state index in [9.17, 15) is 4.79 Å². The van der Waals surface area contributed by atoms with Crippen LogP contribution in [0, 0.1) is 0 Å². The molecule has 2 fully saturated rings. The highest BCUT2D eigenvalue weighted by Crippen LogP contribution is 2.42. The minimum atomic E-state index is -0.383. The Bertz CT molecular complexity index is 1010. The van der Waals surface area contributed by atoms with Crippen LogP contribution in [-0.4, -0.2) is 34.4 Å². The number of hydrogen-bond donors (Lipinski definition) is 1. The Morgan fingerprint density at radius 1 is 1.07 bits per heavy atom. The van der Waals surface area contributed by atoms with Crippen molar-refractivity contribution in [1.82, 2.24) is 9.88 Å². The van der Waals surface area contributed by atoms with Crippen LogP contribution < -0.4 is 4.90 Å². The van der Waals surface area contributed by atoms with E-state index in [4.69, 9.17) is 11.6 Å². The fraction of sp³-hybridized carbons (Fsp3) is 0.318. The molecule has 2 aliphatic heterocycles. The summed E-state index contributed by atoms with van der Waals surface area (Å²) in [6.07, 6.45) is 4.82. The first-order valence-electron chi connectivity index (χ1n) is 9.55. The molecule has 0 radical (unpaired) electrons. The summed E-state index contributed by atoms with van der Waals surface area (Å²) in [7, 11) is 0. The van der Waals surface area contributed by atoms with Crippen LogP contribution in [-0.2, 0) is 11.3 Å². The molecular weight excluding hydrogens is 358 g/mol. The largest absolute Gasteiger partial charge is 0.361 e. The van der Waals surface area contributed by atoms with Gasteiger partial charge in [0.15, 0.2) is 0 Å². The normalized spacial score (nSPS) is 23.1. The first-order chi connectivity index (χ1) is 13.2. The molecule has 3 heterocycles. The summed E-state index contributed by atoms with van der Waals surface area (Å²) in [5.74, 6) is 0.204. The van der Waals surface area contributed by atoms with Crippen molar-refractivity contribution in [3.8, 4) is 0 Å². The predicted molar refractivity (Wildman–Crippen MR) is 109 cm³/mol. The monoisotopic (exact) mass is 379 g/mol. The average molecular weight is 380 g/mol. The minimum absolute atomic E-state index is 0.204. The number of H-pyrrole nitrogens is 1. The Morgan fingerprint density at radius 2 is 1.96 bits per heavy atom. The Kier molecular flexibility index (Phi) is 3.99. The van der Waals surface area contributed by atoms with Gasteiger partial charge >= 0.3 is 0 Å². The van der Waals surface area contributed by atoms with E-state index in [0.717, 1.165) is 50.1 Å². The molecule has 1 spiro atoms. The van der Waals surface area contributed by atoms with Crippen molar-refractivity contribution in [1.29, 1.82) is 0 Å². The fourth-order valence-electron chi connectivity index (χ4n) is 4.77. The van der Waals surface area contributed by atoms with E-state index in [2.05, 4.69) is 34.1 Å². The number of amides is 1. The Morgan fingerprint density at radius 3 is 2.85 bits per heavy atom. The number of halogens is 1.